The maximum absolute atomic E-state index is 11.5. The minimum atomic E-state index is -0.170. The number of amides is 1. The maximum atomic E-state index is 11.5. The number of rotatable bonds is 3. The van der Waals surface area contributed by atoms with Crippen LogP contribution in [0.15, 0.2) is 36.4 Å². The summed E-state index contributed by atoms with van der Waals surface area (Å²) in [4.78, 5) is 11.5. The van der Waals surface area contributed by atoms with Crippen LogP contribution in [0.4, 0.5) is 17.1 Å². The summed E-state index contributed by atoms with van der Waals surface area (Å²) in [5.41, 5.74) is 8.55. The molecule has 1 aliphatic heterocycles. The van der Waals surface area contributed by atoms with Crippen LogP contribution in [-0.4, -0.2) is 19.7 Å². The van der Waals surface area contributed by atoms with E-state index in [1.807, 2.05) is 18.2 Å². The molecule has 1 amide bonds. The molecule has 0 aromatic heterocycles. The van der Waals surface area contributed by atoms with Crippen LogP contribution in [0.3, 0.4) is 0 Å². The van der Waals surface area contributed by atoms with Gasteiger partial charge >= 0.3 is 0 Å². The molecule has 6 heteroatoms. The molecule has 0 fully saturated rings. The summed E-state index contributed by atoms with van der Waals surface area (Å²) in [5, 5.41) is 5.75. The number of carbonyl (C=O) groups excluding carboxylic acids is 1. The van der Waals surface area contributed by atoms with Crippen LogP contribution in [0.5, 0.6) is 11.5 Å². The monoisotopic (exact) mass is 285 g/mol. The third kappa shape index (κ3) is 2.55. The number of benzene rings is 2. The highest BCUT2D eigenvalue weighted by Gasteiger charge is 2.14. The van der Waals surface area contributed by atoms with E-state index in [0.29, 0.717) is 17.0 Å². The summed E-state index contributed by atoms with van der Waals surface area (Å²) in [6.45, 7) is 0.238. The Bertz CT molecular complexity index is 701. The molecule has 2 aromatic carbocycles. The van der Waals surface area contributed by atoms with Crippen molar-refractivity contribution in [3.63, 3.8) is 0 Å². The fourth-order valence-electron chi connectivity index (χ4n) is 2.09. The number of nitrogens with two attached hydrogens (primary N) is 1. The number of nitrogen functional groups attached to an aromatic ring is 1. The summed E-state index contributed by atoms with van der Waals surface area (Å²) < 4.78 is 10.6. The van der Waals surface area contributed by atoms with Crippen LogP contribution in [0, 0.1) is 0 Å². The number of anilines is 3. The Morgan fingerprint density at radius 2 is 1.95 bits per heavy atom. The SMILES string of the molecule is CNC(=O)c1ccc(Nc2ccc3c(c2)OCO3)c(N)c1. The Balaban J connectivity index is 1.83. The average Bonchev–Trinajstić information content (AvgIpc) is 2.96. The molecule has 0 bridgehead atoms. The fraction of sp³-hybridized carbons (Fsp3) is 0.133. The summed E-state index contributed by atoms with van der Waals surface area (Å²) in [7, 11) is 1.58. The summed E-state index contributed by atoms with van der Waals surface area (Å²) in [5.74, 6) is 1.25. The molecule has 1 heterocycles. The lowest BCUT2D eigenvalue weighted by atomic mass is 10.1. The highest BCUT2D eigenvalue weighted by Crippen LogP contribution is 2.35. The summed E-state index contributed by atoms with van der Waals surface area (Å²) in [6.07, 6.45) is 0. The van der Waals surface area contributed by atoms with Gasteiger partial charge in [-0.05, 0) is 30.3 Å². The molecule has 4 N–H and O–H groups in total. The van der Waals surface area contributed by atoms with E-state index >= 15 is 0 Å². The van der Waals surface area contributed by atoms with Crippen LogP contribution < -0.4 is 25.8 Å². The number of fused-ring (bicyclic) bond motifs is 1. The first kappa shape index (κ1) is 13.1. The number of ether oxygens (including phenoxy) is 2. The Kier molecular flexibility index (Phi) is 3.27. The number of hydrogen-bond acceptors (Lipinski definition) is 5. The van der Waals surface area contributed by atoms with E-state index in [1.165, 1.54) is 0 Å². The molecule has 1 aliphatic rings. The predicted molar refractivity (Wildman–Crippen MR) is 80.1 cm³/mol. The normalized spacial score (nSPS) is 12.0. The van der Waals surface area contributed by atoms with Crippen molar-refractivity contribution >= 4 is 23.0 Å². The molecule has 21 heavy (non-hydrogen) atoms. The van der Waals surface area contributed by atoms with Gasteiger partial charge in [0, 0.05) is 24.4 Å². The van der Waals surface area contributed by atoms with Crippen molar-refractivity contribution in [2.24, 2.45) is 0 Å². The van der Waals surface area contributed by atoms with Gasteiger partial charge in [-0.1, -0.05) is 0 Å². The molecular formula is C15H15N3O3. The second kappa shape index (κ2) is 5.24. The first-order valence-corrected chi connectivity index (χ1v) is 6.45. The van der Waals surface area contributed by atoms with E-state index in [9.17, 15) is 4.79 Å². The minimum absolute atomic E-state index is 0.170. The smallest absolute Gasteiger partial charge is 0.251 e. The minimum Gasteiger partial charge on any atom is -0.454 e. The standard InChI is InChI=1S/C15H15N3O3/c1-17-15(19)9-2-4-12(11(16)6-9)18-10-3-5-13-14(7-10)21-8-20-13/h2-7,18H,8,16H2,1H3,(H,17,19). The summed E-state index contributed by atoms with van der Waals surface area (Å²) >= 11 is 0. The van der Waals surface area contributed by atoms with E-state index in [4.69, 9.17) is 15.2 Å². The zero-order valence-corrected chi connectivity index (χ0v) is 11.5. The van der Waals surface area contributed by atoms with E-state index in [2.05, 4.69) is 10.6 Å². The largest absolute Gasteiger partial charge is 0.454 e. The summed E-state index contributed by atoms with van der Waals surface area (Å²) in [6, 6.07) is 10.7. The molecule has 0 atom stereocenters. The highest BCUT2D eigenvalue weighted by molar-refractivity contribution is 5.96. The van der Waals surface area contributed by atoms with Crippen molar-refractivity contribution in [2.45, 2.75) is 0 Å². The van der Waals surface area contributed by atoms with Crippen molar-refractivity contribution in [1.29, 1.82) is 0 Å². The van der Waals surface area contributed by atoms with Gasteiger partial charge in [0.1, 0.15) is 0 Å². The third-order valence-electron chi connectivity index (χ3n) is 3.19. The van der Waals surface area contributed by atoms with Crippen molar-refractivity contribution in [3.05, 3.63) is 42.0 Å². The van der Waals surface area contributed by atoms with Gasteiger partial charge in [0.15, 0.2) is 11.5 Å². The Hall–Kier alpha value is -2.89. The molecule has 0 radical (unpaired) electrons. The molecule has 0 saturated carbocycles. The van der Waals surface area contributed by atoms with Gasteiger partial charge in [-0.25, -0.2) is 0 Å². The van der Waals surface area contributed by atoms with Crippen LogP contribution in [0.25, 0.3) is 0 Å². The lowest BCUT2D eigenvalue weighted by Crippen LogP contribution is -2.17. The lowest BCUT2D eigenvalue weighted by Gasteiger charge is -2.11. The zero-order valence-electron chi connectivity index (χ0n) is 11.5. The molecule has 0 aliphatic carbocycles. The molecule has 0 unspecified atom stereocenters. The number of hydrogen-bond donors (Lipinski definition) is 3. The quantitative estimate of drug-likeness (QED) is 0.752. The molecule has 6 nitrogen and oxygen atoms in total. The number of nitrogens with one attached hydrogen (secondary N) is 2. The second-order valence-electron chi connectivity index (χ2n) is 4.57. The maximum Gasteiger partial charge on any atom is 0.251 e. The second-order valence-corrected chi connectivity index (χ2v) is 4.57. The zero-order chi connectivity index (χ0) is 14.8. The van der Waals surface area contributed by atoms with Crippen LogP contribution in [-0.2, 0) is 0 Å². The Morgan fingerprint density at radius 3 is 2.71 bits per heavy atom. The van der Waals surface area contributed by atoms with Crippen molar-refractivity contribution in [3.8, 4) is 11.5 Å². The number of carbonyl (C=O) groups is 1. The molecular weight excluding hydrogens is 270 g/mol. The van der Waals surface area contributed by atoms with Crippen LogP contribution in [0.1, 0.15) is 10.4 Å². The van der Waals surface area contributed by atoms with Crippen molar-refractivity contribution < 1.29 is 14.3 Å². The molecule has 3 rings (SSSR count). The fourth-order valence-corrected chi connectivity index (χ4v) is 2.09. The van der Waals surface area contributed by atoms with E-state index in [-0.39, 0.29) is 12.7 Å². The van der Waals surface area contributed by atoms with Crippen LogP contribution in [0.2, 0.25) is 0 Å². The Morgan fingerprint density at radius 1 is 1.14 bits per heavy atom. The van der Waals surface area contributed by atoms with Gasteiger partial charge in [0.2, 0.25) is 6.79 Å². The molecule has 2 aromatic rings. The van der Waals surface area contributed by atoms with Gasteiger partial charge in [0.25, 0.3) is 5.91 Å². The first-order valence-electron chi connectivity index (χ1n) is 6.45. The van der Waals surface area contributed by atoms with Gasteiger partial charge in [-0.2, -0.15) is 0 Å². The van der Waals surface area contributed by atoms with Crippen LogP contribution >= 0.6 is 0 Å². The highest BCUT2D eigenvalue weighted by atomic mass is 16.7. The van der Waals surface area contributed by atoms with Crippen molar-refractivity contribution in [1.82, 2.24) is 5.32 Å². The molecule has 0 spiro atoms. The Labute approximate surface area is 121 Å². The molecule has 108 valence electrons. The average molecular weight is 285 g/mol. The van der Waals surface area contributed by atoms with Crippen molar-refractivity contribution in [2.75, 3.05) is 24.9 Å². The lowest BCUT2D eigenvalue weighted by molar-refractivity contribution is 0.0963. The van der Waals surface area contributed by atoms with E-state index in [0.717, 1.165) is 17.1 Å². The van der Waals surface area contributed by atoms with E-state index < -0.39 is 0 Å². The van der Waals surface area contributed by atoms with Gasteiger partial charge in [-0.15, -0.1) is 0 Å². The third-order valence-corrected chi connectivity index (χ3v) is 3.19. The first-order chi connectivity index (χ1) is 10.2. The predicted octanol–water partition coefficient (Wildman–Crippen LogP) is 2.10. The topological polar surface area (TPSA) is 85.6 Å². The van der Waals surface area contributed by atoms with Gasteiger partial charge < -0.3 is 25.8 Å². The van der Waals surface area contributed by atoms with E-state index in [1.54, 1.807) is 25.2 Å². The molecule has 0 saturated heterocycles. The van der Waals surface area contributed by atoms with Gasteiger partial charge in [-0.3, -0.25) is 4.79 Å². The van der Waals surface area contributed by atoms with Gasteiger partial charge in [0.05, 0.1) is 11.4 Å².